The summed E-state index contributed by atoms with van der Waals surface area (Å²) in [6.07, 6.45) is 5.04. The number of para-hydroxylation sites is 1. The number of rotatable bonds is 5. The standard InChI is InChI=1S/C19H15N3O4S/c23-17(20-9-13-4-3-7-26-13)11-22-10-12(14-5-1-2-6-15(14)22)8-16-18(24)21-19(25)27-16/h1-8,10H,9,11H2,(H,20,23)(H,21,24,25)/b16-8-. The molecule has 2 N–H and O–H groups in total. The van der Waals surface area contributed by atoms with Crippen LogP contribution in [-0.4, -0.2) is 21.6 Å². The number of furan rings is 1. The van der Waals surface area contributed by atoms with E-state index in [-0.39, 0.29) is 17.7 Å². The van der Waals surface area contributed by atoms with Crippen LogP contribution in [0.1, 0.15) is 11.3 Å². The lowest BCUT2D eigenvalue weighted by Crippen LogP contribution is -2.26. The van der Waals surface area contributed by atoms with Crippen molar-refractivity contribution in [3.63, 3.8) is 0 Å². The predicted octanol–water partition coefficient (Wildman–Crippen LogP) is 2.87. The highest BCUT2D eigenvalue weighted by atomic mass is 32.2. The van der Waals surface area contributed by atoms with Crippen molar-refractivity contribution in [1.82, 2.24) is 15.2 Å². The molecule has 1 aromatic carbocycles. The topological polar surface area (TPSA) is 93.3 Å². The van der Waals surface area contributed by atoms with Crippen LogP contribution in [0, 0.1) is 0 Å². The van der Waals surface area contributed by atoms with Crippen molar-refractivity contribution in [1.29, 1.82) is 0 Å². The van der Waals surface area contributed by atoms with Crippen LogP contribution in [0.15, 0.2) is 58.2 Å². The first-order valence-electron chi connectivity index (χ1n) is 8.22. The van der Waals surface area contributed by atoms with Crippen molar-refractivity contribution in [3.05, 3.63) is 65.1 Å². The third kappa shape index (κ3) is 3.65. The Labute approximate surface area is 158 Å². The normalized spacial score (nSPS) is 15.5. The molecule has 7 nitrogen and oxygen atoms in total. The van der Waals surface area contributed by atoms with Gasteiger partial charge in [-0.1, -0.05) is 18.2 Å². The van der Waals surface area contributed by atoms with Crippen molar-refractivity contribution in [2.24, 2.45) is 0 Å². The molecule has 4 rings (SSSR count). The fourth-order valence-corrected chi connectivity index (χ4v) is 3.57. The van der Waals surface area contributed by atoms with E-state index >= 15 is 0 Å². The van der Waals surface area contributed by atoms with Gasteiger partial charge in [-0.15, -0.1) is 0 Å². The number of fused-ring (bicyclic) bond motifs is 1. The molecule has 1 aliphatic heterocycles. The number of hydrogen-bond donors (Lipinski definition) is 2. The van der Waals surface area contributed by atoms with Gasteiger partial charge in [0.05, 0.1) is 17.7 Å². The molecule has 136 valence electrons. The molecule has 0 bridgehead atoms. The molecule has 0 saturated carbocycles. The van der Waals surface area contributed by atoms with Gasteiger partial charge in [-0.3, -0.25) is 19.7 Å². The SMILES string of the molecule is O=C(Cn1cc(/C=C2\SC(=O)NC2=O)c2ccccc21)NCc1ccco1. The van der Waals surface area contributed by atoms with Gasteiger partial charge in [0.1, 0.15) is 12.3 Å². The fourth-order valence-electron chi connectivity index (χ4n) is 2.89. The number of hydrogen-bond acceptors (Lipinski definition) is 5. The quantitative estimate of drug-likeness (QED) is 0.663. The summed E-state index contributed by atoms with van der Waals surface area (Å²) >= 11 is 0.869. The minimum atomic E-state index is -0.405. The van der Waals surface area contributed by atoms with Gasteiger partial charge < -0.3 is 14.3 Å². The van der Waals surface area contributed by atoms with E-state index < -0.39 is 5.91 Å². The van der Waals surface area contributed by atoms with Gasteiger partial charge in [-0.25, -0.2) is 0 Å². The van der Waals surface area contributed by atoms with Crippen LogP contribution in [-0.2, 0) is 22.7 Å². The average Bonchev–Trinajstić information content (AvgIpc) is 3.35. The number of nitrogens with one attached hydrogen (secondary N) is 2. The Morgan fingerprint density at radius 2 is 2.07 bits per heavy atom. The van der Waals surface area contributed by atoms with E-state index in [9.17, 15) is 14.4 Å². The first kappa shape index (κ1) is 17.2. The molecule has 8 heteroatoms. The number of carbonyl (C=O) groups excluding carboxylic acids is 3. The lowest BCUT2D eigenvalue weighted by Gasteiger charge is -2.06. The summed E-state index contributed by atoms with van der Waals surface area (Å²) in [4.78, 5) is 35.8. The van der Waals surface area contributed by atoms with Gasteiger partial charge in [0.15, 0.2) is 0 Å². The Morgan fingerprint density at radius 1 is 1.22 bits per heavy atom. The van der Waals surface area contributed by atoms with Gasteiger partial charge in [0.2, 0.25) is 5.91 Å². The predicted molar refractivity (Wildman–Crippen MR) is 102 cm³/mol. The average molecular weight is 381 g/mol. The number of aromatic nitrogens is 1. The molecule has 0 aliphatic carbocycles. The highest BCUT2D eigenvalue weighted by Crippen LogP contribution is 2.29. The maximum Gasteiger partial charge on any atom is 0.290 e. The minimum absolute atomic E-state index is 0.128. The van der Waals surface area contributed by atoms with Crippen LogP contribution in [0.25, 0.3) is 17.0 Å². The molecular formula is C19H15N3O4S. The Hall–Kier alpha value is -3.26. The highest BCUT2D eigenvalue weighted by Gasteiger charge is 2.25. The van der Waals surface area contributed by atoms with Crippen molar-refractivity contribution >= 4 is 45.8 Å². The first-order chi connectivity index (χ1) is 13.1. The second-order valence-corrected chi connectivity index (χ2v) is 6.95. The Bertz CT molecular complexity index is 1070. The second-order valence-electron chi connectivity index (χ2n) is 5.94. The second kappa shape index (κ2) is 7.16. The Morgan fingerprint density at radius 3 is 2.81 bits per heavy atom. The zero-order chi connectivity index (χ0) is 18.8. The van der Waals surface area contributed by atoms with E-state index in [0.717, 1.165) is 28.2 Å². The molecule has 3 heterocycles. The van der Waals surface area contributed by atoms with E-state index in [1.165, 1.54) is 0 Å². The number of carbonyl (C=O) groups is 3. The largest absolute Gasteiger partial charge is 0.467 e. The molecule has 1 fully saturated rings. The summed E-state index contributed by atoms with van der Waals surface area (Å²) in [6, 6.07) is 11.2. The van der Waals surface area contributed by atoms with Crippen molar-refractivity contribution in [3.8, 4) is 0 Å². The van der Waals surface area contributed by atoms with Crippen LogP contribution in [0.4, 0.5) is 4.79 Å². The lowest BCUT2D eigenvalue weighted by atomic mass is 10.1. The summed E-state index contributed by atoms with van der Waals surface area (Å²) in [5.74, 6) is 0.118. The summed E-state index contributed by atoms with van der Waals surface area (Å²) in [6.45, 7) is 0.448. The third-order valence-electron chi connectivity index (χ3n) is 4.10. The zero-order valence-corrected chi connectivity index (χ0v) is 14.9. The maximum atomic E-state index is 12.3. The smallest absolute Gasteiger partial charge is 0.290 e. The van der Waals surface area contributed by atoms with Crippen LogP contribution in [0.3, 0.4) is 0 Å². The van der Waals surface area contributed by atoms with Gasteiger partial charge in [0, 0.05) is 22.7 Å². The molecule has 1 saturated heterocycles. The van der Waals surface area contributed by atoms with E-state index in [4.69, 9.17) is 4.42 Å². The zero-order valence-electron chi connectivity index (χ0n) is 14.1. The highest BCUT2D eigenvalue weighted by molar-refractivity contribution is 8.18. The van der Waals surface area contributed by atoms with Gasteiger partial charge in [-0.2, -0.15) is 0 Å². The number of amides is 3. The molecule has 1 aliphatic rings. The Kier molecular flexibility index (Phi) is 4.55. The molecule has 0 radical (unpaired) electrons. The molecule has 0 spiro atoms. The van der Waals surface area contributed by atoms with Gasteiger partial charge in [-0.05, 0) is 36.0 Å². The monoisotopic (exact) mass is 381 g/mol. The van der Waals surface area contributed by atoms with E-state index in [1.807, 2.05) is 28.8 Å². The van der Waals surface area contributed by atoms with Crippen LogP contribution in [0.2, 0.25) is 0 Å². The van der Waals surface area contributed by atoms with Crippen LogP contribution < -0.4 is 10.6 Å². The number of nitrogens with zero attached hydrogens (tertiary/aromatic N) is 1. The van der Waals surface area contributed by atoms with E-state index in [0.29, 0.717) is 17.2 Å². The van der Waals surface area contributed by atoms with Gasteiger partial charge in [0.25, 0.3) is 11.1 Å². The molecule has 3 aromatic rings. The first-order valence-corrected chi connectivity index (χ1v) is 9.03. The molecule has 0 unspecified atom stereocenters. The van der Waals surface area contributed by atoms with E-state index in [1.54, 1.807) is 30.7 Å². The van der Waals surface area contributed by atoms with Gasteiger partial charge >= 0.3 is 0 Å². The fraction of sp³-hybridized carbons (Fsp3) is 0.105. The Balaban J connectivity index is 1.58. The number of thioether (sulfide) groups is 1. The third-order valence-corrected chi connectivity index (χ3v) is 4.91. The molecule has 2 aromatic heterocycles. The molecule has 3 amide bonds. The van der Waals surface area contributed by atoms with Crippen LogP contribution >= 0.6 is 11.8 Å². The van der Waals surface area contributed by atoms with E-state index in [2.05, 4.69) is 10.6 Å². The number of benzene rings is 1. The van der Waals surface area contributed by atoms with Crippen LogP contribution in [0.5, 0.6) is 0 Å². The lowest BCUT2D eigenvalue weighted by molar-refractivity contribution is -0.121. The molecule has 0 atom stereocenters. The number of imide groups is 1. The summed E-state index contributed by atoms with van der Waals surface area (Å²) in [7, 11) is 0. The maximum absolute atomic E-state index is 12.3. The summed E-state index contributed by atoms with van der Waals surface area (Å²) < 4.78 is 7.02. The van der Waals surface area contributed by atoms with Crippen molar-refractivity contribution in [2.45, 2.75) is 13.1 Å². The minimum Gasteiger partial charge on any atom is -0.467 e. The van der Waals surface area contributed by atoms with Crippen molar-refractivity contribution < 1.29 is 18.8 Å². The molecule has 27 heavy (non-hydrogen) atoms. The summed E-state index contributed by atoms with van der Waals surface area (Å²) in [5, 5.41) is 5.57. The summed E-state index contributed by atoms with van der Waals surface area (Å²) in [5.41, 5.74) is 1.64. The molecular weight excluding hydrogens is 366 g/mol. The van der Waals surface area contributed by atoms with Crippen molar-refractivity contribution in [2.75, 3.05) is 0 Å².